The number of rotatable bonds is 5. The van der Waals surface area contributed by atoms with Crippen LogP contribution < -0.4 is 11.1 Å². The summed E-state index contributed by atoms with van der Waals surface area (Å²) in [4.78, 5) is 13.9. The number of nitrogens with one attached hydrogen (secondary N) is 1. The number of hydrogen-bond acceptors (Lipinski definition) is 4. The van der Waals surface area contributed by atoms with Gasteiger partial charge in [-0.25, -0.2) is 4.39 Å². The van der Waals surface area contributed by atoms with Crippen molar-refractivity contribution >= 4 is 17.3 Å². The topological polar surface area (TPSA) is 78.6 Å². The van der Waals surface area contributed by atoms with Crippen molar-refractivity contribution in [2.24, 2.45) is 0 Å². The summed E-state index contributed by atoms with van der Waals surface area (Å²) in [6.07, 6.45) is 1.67. The van der Waals surface area contributed by atoms with E-state index in [1.807, 2.05) is 0 Å². The molecule has 1 aliphatic rings. The maximum Gasteiger partial charge on any atom is 0.224 e. The Balaban J connectivity index is 1.72. The summed E-state index contributed by atoms with van der Waals surface area (Å²) in [6.45, 7) is 2.36. The Bertz CT molecular complexity index is 481. The highest BCUT2D eigenvalue weighted by Gasteiger charge is 2.19. The molecule has 4 N–H and O–H groups in total. The molecule has 0 aliphatic carbocycles. The van der Waals surface area contributed by atoms with Gasteiger partial charge >= 0.3 is 0 Å². The van der Waals surface area contributed by atoms with Crippen molar-refractivity contribution in [2.45, 2.75) is 25.4 Å². The van der Waals surface area contributed by atoms with Gasteiger partial charge in [0.15, 0.2) is 0 Å². The van der Waals surface area contributed by atoms with E-state index in [-0.39, 0.29) is 17.7 Å². The maximum absolute atomic E-state index is 12.9. The van der Waals surface area contributed by atoms with Crippen LogP contribution in [-0.4, -0.2) is 41.7 Å². The van der Waals surface area contributed by atoms with Crippen LogP contribution in [-0.2, 0) is 4.79 Å². The Kier molecular flexibility index (Phi) is 4.92. The van der Waals surface area contributed by atoms with Crippen molar-refractivity contribution in [3.63, 3.8) is 0 Å². The molecule has 0 radical (unpaired) electrons. The maximum atomic E-state index is 12.9. The van der Waals surface area contributed by atoms with Crippen LogP contribution in [0.1, 0.15) is 19.3 Å². The molecule has 1 amide bonds. The van der Waals surface area contributed by atoms with Crippen LogP contribution >= 0.6 is 0 Å². The van der Waals surface area contributed by atoms with Crippen molar-refractivity contribution in [3.8, 4) is 0 Å². The summed E-state index contributed by atoms with van der Waals surface area (Å²) in [6, 6.07) is 3.90. The average Bonchev–Trinajstić information content (AvgIpc) is 2.79. The Morgan fingerprint density at radius 3 is 3.00 bits per heavy atom. The third-order valence-corrected chi connectivity index (χ3v) is 3.41. The van der Waals surface area contributed by atoms with E-state index >= 15 is 0 Å². The number of β-amino-alcohol motifs (C(OH)–C–C–N with tert-alkyl or cyclic N) is 1. The number of aliphatic hydroxyl groups is 1. The van der Waals surface area contributed by atoms with E-state index in [0.717, 1.165) is 25.9 Å². The molecule has 5 nitrogen and oxygen atoms in total. The second-order valence-corrected chi connectivity index (χ2v) is 5.13. The van der Waals surface area contributed by atoms with E-state index in [9.17, 15) is 14.3 Å². The van der Waals surface area contributed by atoms with Gasteiger partial charge in [-0.3, -0.25) is 4.79 Å². The lowest BCUT2D eigenvalue weighted by Gasteiger charge is -2.14. The third-order valence-electron chi connectivity index (χ3n) is 3.41. The van der Waals surface area contributed by atoms with E-state index in [4.69, 9.17) is 5.73 Å². The fourth-order valence-corrected chi connectivity index (χ4v) is 2.34. The van der Waals surface area contributed by atoms with Crippen molar-refractivity contribution in [2.75, 3.05) is 30.7 Å². The minimum Gasteiger partial charge on any atom is -0.397 e. The summed E-state index contributed by atoms with van der Waals surface area (Å²) < 4.78 is 12.9. The molecule has 1 unspecified atom stereocenters. The van der Waals surface area contributed by atoms with Gasteiger partial charge in [0.05, 0.1) is 17.5 Å². The molecule has 1 atom stereocenters. The number of nitrogens with zero attached hydrogens (tertiary/aromatic N) is 1. The number of anilines is 2. The highest BCUT2D eigenvalue weighted by molar-refractivity contribution is 5.93. The van der Waals surface area contributed by atoms with E-state index in [1.165, 1.54) is 18.2 Å². The van der Waals surface area contributed by atoms with Gasteiger partial charge in [-0.1, -0.05) is 0 Å². The van der Waals surface area contributed by atoms with Crippen LogP contribution in [0.15, 0.2) is 18.2 Å². The summed E-state index contributed by atoms with van der Waals surface area (Å²) in [7, 11) is 0. The molecule has 0 spiro atoms. The van der Waals surface area contributed by atoms with Crippen molar-refractivity contribution in [1.82, 2.24) is 4.90 Å². The fraction of sp³-hybridized carbons (Fsp3) is 0.500. The number of carbonyl (C=O) groups excluding carboxylic acids is 1. The summed E-state index contributed by atoms with van der Waals surface area (Å²) in [5.41, 5.74) is 6.28. The lowest BCUT2D eigenvalue weighted by atomic mass is 10.2. The average molecular weight is 281 g/mol. The Labute approximate surface area is 117 Å². The number of aliphatic hydroxyl groups excluding tert-OH is 1. The lowest BCUT2D eigenvalue weighted by molar-refractivity contribution is -0.116. The van der Waals surface area contributed by atoms with Crippen molar-refractivity contribution in [3.05, 3.63) is 24.0 Å². The van der Waals surface area contributed by atoms with Crippen LogP contribution in [0.25, 0.3) is 0 Å². The molecule has 1 fully saturated rings. The first-order chi connectivity index (χ1) is 9.54. The van der Waals surface area contributed by atoms with Crippen LogP contribution in [0.5, 0.6) is 0 Å². The van der Waals surface area contributed by atoms with Crippen LogP contribution in [0.3, 0.4) is 0 Å². The number of hydrogen-bond donors (Lipinski definition) is 3. The number of benzene rings is 1. The van der Waals surface area contributed by atoms with E-state index < -0.39 is 5.82 Å². The molecule has 2 rings (SSSR count). The summed E-state index contributed by atoms with van der Waals surface area (Å²) in [5.74, 6) is -0.559. The highest BCUT2D eigenvalue weighted by atomic mass is 19.1. The van der Waals surface area contributed by atoms with Crippen LogP contribution in [0.4, 0.5) is 15.8 Å². The van der Waals surface area contributed by atoms with E-state index in [1.54, 1.807) is 0 Å². The van der Waals surface area contributed by atoms with Gasteiger partial charge in [-0.15, -0.1) is 0 Å². The van der Waals surface area contributed by atoms with Gasteiger partial charge in [0, 0.05) is 19.5 Å². The zero-order chi connectivity index (χ0) is 14.5. The molecular weight excluding hydrogens is 261 g/mol. The SMILES string of the molecule is Nc1cc(F)ccc1NC(=O)CCCN1CCC(O)C1. The van der Waals surface area contributed by atoms with Gasteiger partial charge in [-0.2, -0.15) is 0 Å². The molecule has 0 saturated carbocycles. The largest absolute Gasteiger partial charge is 0.397 e. The third kappa shape index (κ3) is 4.18. The van der Waals surface area contributed by atoms with Crippen LogP contribution in [0, 0.1) is 5.82 Å². The van der Waals surface area contributed by atoms with Crippen LogP contribution in [0.2, 0.25) is 0 Å². The van der Waals surface area contributed by atoms with E-state index in [0.29, 0.717) is 18.7 Å². The van der Waals surface area contributed by atoms with Gasteiger partial charge in [0.25, 0.3) is 0 Å². The molecule has 1 aromatic rings. The molecule has 1 heterocycles. The molecule has 110 valence electrons. The van der Waals surface area contributed by atoms with Gasteiger partial charge in [0.1, 0.15) is 5.82 Å². The van der Waals surface area contributed by atoms with Crippen molar-refractivity contribution in [1.29, 1.82) is 0 Å². The highest BCUT2D eigenvalue weighted by Crippen LogP contribution is 2.19. The quantitative estimate of drug-likeness (QED) is 0.708. The van der Waals surface area contributed by atoms with Crippen molar-refractivity contribution < 1.29 is 14.3 Å². The predicted molar refractivity (Wildman–Crippen MR) is 75.7 cm³/mol. The molecular formula is C14H20FN3O2. The summed E-state index contributed by atoms with van der Waals surface area (Å²) >= 11 is 0. The molecule has 0 aromatic heterocycles. The Morgan fingerprint density at radius 1 is 1.55 bits per heavy atom. The zero-order valence-corrected chi connectivity index (χ0v) is 11.3. The monoisotopic (exact) mass is 281 g/mol. The zero-order valence-electron chi connectivity index (χ0n) is 11.3. The first-order valence-corrected chi connectivity index (χ1v) is 6.80. The standard InChI is InChI=1S/C14H20FN3O2/c15-10-3-4-13(12(16)8-10)17-14(20)2-1-6-18-7-5-11(19)9-18/h3-4,8,11,19H,1-2,5-7,9,16H2,(H,17,20). The Morgan fingerprint density at radius 2 is 2.35 bits per heavy atom. The molecule has 0 bridgehead atoms. The van der Waals surface area contributed by atoms with Gasteiger partial charge in [0.2, 0.25) is 5.91 Å². The Hall–Kier alpha value is -1.66. The first kappa shape index (κ1) is 14.7. The summed E-state index contributed by atoms with van der Waals surface area (Å²) in [5, 5.41) is 12.1. The number of carbonyl (C=O) groups is 1. The smallest absolute Gasteiger partial charge is 0.224 e. The second-order valence-electron chi connectivity index (χ2n) is 5.13. The molecule has 20 heavy (non-hydrogen) atoms. The number of likely N-dealkylation sites (tertiary alicyclic amines) is 1. The van der Waals surface area contributed by atoms with Gasteiger partial charge in [-0.05, 0) is 37.6 Å². The number of halogens is 1. The lowest BCUT2D eigenvalue weighted by Crippen LogP contribution is -2.24. The fourth-order valence-electron chi connectivity index (χ4n) is 2.34. The number of amides is 1. The molecule has 1 aromatic carbocycles. The molecule has 1 saturated heterocycles. The second kappa shape index (κ2) is 6.67. The van der Waals surface area contributed by atoms with E-state index in [2.05, 4.69) is 10.2 Å². The minimum atomic E-state index is -0.423. The number of nitrogen functional groups attached to an aromatic ring is 1. The minimum absolute atomic E-state index is 0.136. The molecule has 6 heteroatoms. The molecule has 1 aliphatic heterocycles. The first-order valence-electron chi connectivity index (χ1n) is 6.80. The normalized spacial score (nSPS) is 19.2. The number of nitrogens with two attached hydrogens (primary N) is 1. The predicted octanol–water partition coefficient (Wildman–Crippen LogP) is 1.19. The van der Waals surface area contributed by atoms with Gasteiger partial charge < -0.3 is 21.1 Å².